The number of hydrogen-bond acceptors (Lipinski definition) is 4. The topological polar surface area (TPSA) is 99.2 Å². The van der Waals surface area contributed by atoms with Gasteiger partial charge in [0.15, 0.2) is 0 Å². The molecule has 10 heteroatoms. The van der Waals surface area contributed by atoms with Crippen LogP contribution in [0.25, 0.3) is 0 Å². The Morgan fingerprint density at radius 1 is 1.10 bits per heavy atom. The van der Waals surface area contributed by atoms with E-state index in [2.05, 4.69) is 5.32 Å². The first-order chi connectivity index (χ1) is 18.8. The Kier molecular flexibility index (Phi) is 8.37. The van der Waals surface area contributed by atoms with Crippen LogP contribution in [0.1, 0.15) is 43.2 Å². The highest BCUT2D eigenvalue weighted by atomic mass is 35.5. The van der Waals surface area contributed by atoms with Crippen molar-refractivity contribution in [3.05, 3.63) is 58.6 Å². The van der Waals surface area contributed by atoms with Gasteiger partial charge >= 0.3 is 12.0 Å². The van der Waals surface area contributed by atoms with E-state index in [1.807, 2.05) is 24.3 Å². The van der Waals surface area contributed by atoms with Crippen molar-refractivity contribution >= 4 is 40.9 Å². The van der Waals surface area contributed by atoms with Crippen LogP contribution in [-0.2, 0) is 27.2 Å². The summed E-state index contributed by atoms with van der Waals surface area (Å²) in [4.78, 5) is 40.4. The van der Waals surface area contributed by atoms with Crippen molar-refractivity contribution in [2.24, 2.45) is 5.92 Å². The molecule has 0 radical (unpaired) electrons. The molecule has 2 aromatic carbocycles. The molecule has 3 aliphatic rings. The van der Waals surface area contributed by atoms with E-state index in [0.717, 1.165) is 17.7 Å². The lowest BCUT2D eigenvalue weighted by Crippen LogP contribution is -2.40. The summed E-state index contributed by atoms with van der Waals surface area (Å²) in [7, 11) is 0. The van der Waals surface area contributed by atoms with Crippen molar-refractivity contribution in [1.82, 2.24) is 4.90 Å². The molecule has 39 heavy (non-hydrogen) atoms. The molecule has 2 aromatic rings. The van der Waals surface area contributed by atoms with Crippen LogP contribution in [0, 0.1) is 5.92 Å². The Morgan fingerprint density at radius 2 is 1.87 bits per heavy atom. The zero-order valence-electron chi connectivity index (χ0n) is 21.7. The van der Waals surface area contributed by atoms with Crippen LogP contribution >= 0.6 is 11.6 Å². The molecule has 1 saturated heterocycles. The number of hydrogen-bond donors (Lipinski definition) is 2. The molecule has 0 aromatic heterocycles. The van der Waals surface area contributed by atoms with Gasteiger partial charge < -0.3 is 20.1 Å². The van der Waals surface area contributed by atoms with E-state index >= 15 is 0 Å². The monoisotopic (exact) mass is 557 g/mol. The predicted octanol–water partition coefficient (Wildman–Crippen LogP) is 5.08. The number of anilines is 2. The van der Waals surface area contributed by atoms with Crippen LogP contribution in [0.5, 0.6) is 0 Å². The van der Waals surface area contributed by atoms with Gasteiger partial charge in [-0.25, -0.2) is 9.18 Å². The van der Waals surface area contributed by atoms with Gasteiger partial charge in [0, 0.05) is 18.7 Å². The number of urea groups is 1. The first-order valence-corrected chi connectivity index (χ1v) is 13.9. The van der Waals surface area contributed by atoms with Gasteiger partial charge in [-0.1, -0.05) is 35.9 Å². The van der Waals surface area contributed by atoms with Gasteiger partial charge in [0.1, 0.15) is 6.17 Å². The number of carboxylic acids is 1. The predicted molar refractivity (Wildman–Crippen MR) is 146 cm³/mol. The number of carbonyl (C=O) groups is 3. The number of alkyl halides is 1. The Hall–Kier alpha value is -3.17. The average Bonchev–Trinajstić information content (AvgIpc) is 3.52. The number of likely N-dealkylation sites (tertiary alicyclic amines) is 1. The Balaban J connectivity index is 1.15. The zero-order chi connectivity index (χ0) is 27.5. The fourth-order valence-electron chi connectivity index (χ4n) is 5.82. The van der Waals surface area contributed by atoms with E-state index in [0.29, 0.717) is 48.5 Å². The third-order valence-corrected chi connectivity index (χ3v) is 8.31. The number of nitrogens with one attached hydrogen (secondary N) is 1. The SMILES string of the molecule is O=C(O)C1CCC(OC[C@@H]2C[C@H](F)CN2C(=O)Cc2ccc(NC(=O)N3CCc4ccccc43)c(Cl)c2)CC1. The number of carbonyl (C=O) groups excluding carboxylic acids is 2. The minimum absolute atomic E-state index is 0.0256. The molecule has 1 aliphatic carbocycles. The molecule has 0 unspecified atom stereocenters. The Bertz CT molecular complexity index is 1240. The van der Waals surface area contributed by atoms with Gasteiger partial charge in [0.05, 0.1) is 48.3 Å². The Morgan fingerprint density at radius 3 is 2.62 bits per heavy atom. The summed E-state index contributed by atoms with van der Waals surface area (Å²) in [6.45, 7) is 0.854. The number of rotatable bonds is 7. The van der Waals surface area contributed by atoms with Gasteiger partial charge in [-0.05, 0) is 61.4 Å². The maximum Gasteiger partial charge on any atom is 0.326 e. The summed E-state index contributed by atoms with van der Waals surface area (Å²) in [5.41, 5.74) is 3.13. The van der Waals surface area contributed by atoms with E-state index < -0.39 is 12.1 Å². The van der Waals surface area contributed by atoms with Crippen LogP contribution in [0.3, 0.4) is 0 Å². The highest BCUT2D eigenvalue weighted by Gasteiger charge is 2.36. The van der Waals surface area contributed by atoms with Gasteiger partial charge in [0.25, 0.3) is 0 Å². The van der Waals surface area contributed by atoms with Gasteiger partial charge in [-0.2, -0.15) is 0 Å². The molecular formula is C29H33ClFN3O5. The molecule has 2 atom stereocenters. The number of halogens is 2. The molecule has 2 N–H and O–H groups in total. The third-order valence-electron chi connectivity index (χ3n) is 7.99. The van der Waals surface area contributed by atoms with Gasteiger partial charge in [0.2, 0.25) is 5.91 Å². The molecule has 5 rings (SSSR count). The van der Waals surface area contributed by atoms with Gasteiger partial charge in [-0.3, -0.25) is 14.5 Å². The van der Waals surface area contributed by atoms with Crippen molar-refractivity contribution in [2.45, 2.75) is 63.3 Å². The summed E-state index contributed by atoms with van der Waals surface area (Å²) < 4.78 is 20.3. The number of para-hydroxylation sites is 1. The van der Waals surface area contributed by atoms with E-state index in [1.54, 1.807) is 28.0 Å². The Labute approximate surface area is 232 Å². The minimum atomic E-state index is -1.11. The van der Waals surface area contributed by atoms with Crippen molar-refractivity contribution in [1.29, 1.82) is 0 Å². The number of carboxylic acid groups (broad SMARTS) is 1. The number of aliphatic carboxylic acids is 1. The van der Waals surface area contributed by atoms with Crippen LogP contribution in [0.15, 0.2) is 42.5 Å². The standard InChI is InChI=1S/C29H33ClFN3O5/c30-24-13-18(5-10-25(24)32-29(38)33-12-11-19-3-1-2-4-26(19)33)14-27(35)34-16-21(31)15-22(34)17-39-23-8-6-20(7-9-23)28(36)37/h1-5,10,13,20-23H,6-9,11-12,14-17H2,(H,32,38)(H,36,37)/t20?,21-,22-,23?/m0/s1. The number of nitrogens with zero attached hydrogens (tertiary/aromatic N) is 2. The van der Waals surface area contributed by atoms with E-state index in [-0.39, 0.29) is 56.0 Å². The van der Waals surface area contributed by atoms with Gasteiger partial charge in [-0.15, -0.1) is 0 Å². The number of benzene rings is 2. The molecule has 8 nitrogen and oxygen atoms in total. The molecule has 2 heterocycles. The van der Waals surface area contributed by atoms with Crippen molar-refractivity contribution < 1.29 is 28.6 Å². The first-order valence-electron chi connectivity index (χ1n) is 13.5. The summed E-state index contributed by atoms with van der Waals surface area (Å²) >= 11 is 6.47. The second-order valence-electron chi connectivity index (χ2n) is 10.6. The molecule has 208 valence electrons. The van der Waals surface area contributed by atoms with Crippen LogP contribution in [0.4, 0.5) is 20.6 Å². The van der Waals surface area contributed by atoms with Crippen molar-refractivity contribution in [2.75, 3.05) is 29.9 Å². The first kappa shape index (κ1) is 27.4. The lowest BCUT2D eigenvalue weighted by molar-refractivity contribution is -0.144. The maximum absolute atomic E-state index is 14.3. The normalized spacial score (nSPS) is 24.5. The second kappa shape index (κ2) is 11.9. The minimum Gasteiger partial charge on any atom is -0.481 e. The molecule has 2 fully saturated rings. The van der Waals surface area contributed by atoms with Crippen LogP contribution in [-0.4, -0.2) is 65.9 Å². The number of fused-ring (bicyclic) bond motifs is 1. The summed E-state index contributed by atoms with van der Waals surface area (Å²) in [6, 6.07) is 12.2. The molecule has 0 spiro atoms. The number of ether oxygens (including phenoxy) is 1. The van der Waals surface area contributed by atoms with Crippen molar-refractivity contribution in [3.63, 3.8) is 0 Å². The molecule has 1 saturated carbocycles. The smallest absolute Gasteiger partial charge is 0.326 e. The van der Waals surface area contributed by atoms with E-state index in [1.165, 1.54) is 0 Å². The van der Waals surface area contributed by atoms with E-state index in [9.17, 15) is 18.8 Å². The van der Waals surface area contributed by atoms with Crippen LogP contribution < -0.4 is 10.2 Å². The highest BCUT2D eigenvalue weighted by molar-refractivity contribution is 6.34. The van der Waals surface area contributed by atoms with E-state index in [4.69, 9.17) is 21.4 Å². The maximum atomic E-state index is 14.3. The fraction of sp³-hybridized carbons (Fsp3) is 0.483. The molecule has 0 bridgehead atoms. The van der Waals surface area contributed by atoms with Crippen LogP contribution in [0.2, 0.25) is 5.02 Å². The largest absolute Gasteiger partial charge is 0.481 e. The quantitative estimate of drug-likeness (QED) is 0.495. The lowest BCUT2D eigenvalue weighted by Gasteiger charge is -2.29. The molecule has 2 aliphatic heterocycles. The molecule has 3 amide bonds. The zero-order valence-corrected chi connectivity index (χ0v) is 22.4. The molecular weight excluding hydrogens is 525 g/mol. The highest BCUT2D eigenvalue weighted by Crippen LogP contribution is 2.31. The van der Waals surface area contributed by atoms with Crippen molar-refractivity contribution in [3.8, 4) is 0 Å². The summed E-state index contributed by atoms with van der Waals surface area (Å²) in [5, 5.41) is 12.3. The average molecular weight is 558 g/mol. The lowest BCUT2D eigenvalue weighted by atomic mass is 9.87. The summed E-state index contributed by atoms with van der Waals surface area (Å²) in [5.74, 6) is -1.30. The fourth-order valence-corrected chi connectivity index (χ4v) is 6.07. The third kappa shape index (κ3) is 6.36. The summed E-state index contributed by atoms with van der Waals surface area (Å²) in [6.07, 6.45) is 2.36. The second-order valence-corrected chi connectivity index (χ2v) is 11.0. The number of amides is 3.